The number of amides is 1. The number of carboxylic acid groups (broad SMARTS) is 1. The minimum absolute atomic E-state index is 0.0432. The van der Waals surface area contributed by atoms with Gasteiger partial charge in [0.25, 0.3) is 0 Å². The lowest BCUT2D eigenvalue weighted by atomic mass is 10.1. The summed E-state index contributed by atoms with van der Waals surface area (Å²) in [4.78, 5) is 23.5. The molecule has 0 bridgehead atoms. The molecular formula is C19H22N6O3. The summed E-state index contributed by atoms with van der Waals surface area (Å²) in [5.41, 5.74) is 3.36. The van der Waals surface area contributed by atoms with Gasteiger partial charge in [0.2, 0.25) is 5.88 Å². The molecule has 1 amide bonds. The topological polar surface area (TPSA) is 96.1 Å². The predicted octanol–water partition coefficient (Wildman–Crippen LogP) is 2.30. The summed E-state index contributed by atoms with van der Waals surface area (Å²) in [7, 11) is 3.20. The molecule has 4 rings (SSSR count). The van der Waals surface area contributed by atoms with Crippen molar-refractivity contribution < 1.29 is 14.6 Å². The Kier molecular flexibility index (Phi) is 4.50. The largest absolute Gasteiger partial charge is 0.481 e. The molecule has 0 radical (unpaired) electrons. The number of ether oxygens (including phenoxy) is 1. The van der Waals surface area contributed by atoms with Crippen molar-refractivity contribution in [3.8, 4) is 17.1 Å². The molecular weight excluding hydrogens is 360 g/mol. The molecule has 3 aromatic rings. The molecule has 0 aliphatic carbocycles. The molecule has 1 atom stereocenters. The lowest BCUT2D eigenvalue weighted by molar-refractivity contribution is 0.142. The SMILES string of the molecule is COc1ncc(C)cc1-c1cnc2ccc(N3CCC(N(C)C(=O)O)C3)nn12. The number of carbonyl (C=O) groups is 1. The molecule has 0 aromatic carbocycles. The number of methoxy groups -OCH3 is 1. The van der Waals surface area contributed by atoms with E-state index in [0.717, 1.165) is 41.3 Å². The zero-order valence-electron chi connectivity index (χ0n) is 16.0. The fraction of sp³-hybridized carbons (Fsp3) is 0.368. The van der Waals surface area contributed by atoms with E-state index in [1.54, 1.807) is 31.1 Å². The van der Waals surface area contributed by atoms with Gasteiger partial charge < -0.3 is 19.6 Å². The second-order valence-corrected chi connectivity index (χ2v) is 6.96. The molecule has 4 heterocycles. The number of imidazole rings is 1. The van der Waals surface area contributed by atoms with Gasteiger partial charge in [-0.1, -0.05) is 0 Å². The molecule has 9 heteroatoms. The average molecular weight is 382 g/mol. The first-order valence-electron chi connectivity index (χ1n) is 9.04. The van der Waals surface area contributed by atoms with Gasteiger partial charge in [0.1, 0.15) is 5.82 Å². The number of likely N-dealkylation sites (N-methyl/N-ethyl adjacent to an activating group) is 1. The molecule has 0 spiro atoms. The Morgan fingerprint density at radius 2 is 2.14 bits per heavy atom. The van der Waals surface area contributed by atoms with Gasteiger partial charge in [-0.25, -0.2) is 19.3 Å². The third-order valence-electron chi connectivity index (χ3n) is 5.14. The van der Waals surface area contributed by atoms with Crippen molar-refractivity contribution in [1.29, 1.82) is 0 Å². The zero-order valence-corrected chi connectivity index (χ0v) is 16.0. The first-order valence-corrected chi connectivity index (χ1v) is 9.04. The van der Waals surface area contributed by atoms with Crippen LogP contribution >= 0.6 is 0 Å². The minimum atomic E-state index is -0.911. The number of rotatable bonds is 4. The fourth-order valence-electron chi connectivity index (χ4n) is 3.54. The van der Waals surface area contributed by atoms with Crippen molar-refractivity contribution in [2.75, 3.05) is 32.1 Å². The number of hydrogen-bond donors (Lipinski definition) is 1. The van der Waals surface area contributed by atoms with E-state index in [4.69, 9.17) is 9.84 Å². The van der Waals surface area contributed by atoms with E-state index >= 15 is 0 Å². The third kappa shape index (κ3) is 3.08. The highest BCUT2D eigenvalue weighted by atomic mass is 16.5. The van der Waals surface area contributed by atoms with Crippen LogP contribution in [0.3, 0.4) is 0 Å². The van der Waals surface area contributed by atoms with Crippen molar-refractivity contribution in [3.05, 3.63) is 36.2 Å². The van der Waals surface area contributed by atoms with Crippen LogP contribution in [0.15, 0.2) is 30.6 Å². The molecule has 3 aromatic heterocycles. The van der Waals surface area contributed by atoms with Crippen LogP contribution in [-0.2, 0) is 0 Å². The first kappa shape index (κ1) is 18.0. The van der Waals surface area contributed by atoms with Gasteiger partial charge in [0, 0.05) is 26.3 Å². The Hall–Kier alpha value is -3.36. The minimum Gasteiger partial charge on any atom is -0.481 e. The van der Waals surface area contributed by atoms with Gasteiger partial charge in [0.05, 0.1) is 30.6 Å². The van der Waals surface area contributed by atoms with Crippen LogP contribution < -0.4 is 9.64 Å². The number of fused-ring (bicyclic) bond motifs is 1. The normalized spacial score (nSPS) is 16.5. The van der Waals surface area contributed by atoms with E-state index in [2.05, 4.69) is 14.9 Å². The Bertz CT molecular complexity index is 1030. The zero-order chi connectivity index (χ0) is 19.8. The quantitative estimate of drug-likeness (QED) is 0.739. The monoisotopic (exact) mass is 382 g/mol. The Morgan fingerprint density at radius 3 is 2.89 bits per heavy atom. The number of anilines is 1. The smallest absolute Gasteiger partial charge is 0.407 e. The summed E-state index contributed by atoms with van der Waals surface area (Å²) < 4.78 is 7.19. The number of aromatic nitrogens is 4. The number of hydrogen-bond acceptors (Lipinski definition) is 6. The summed E-state index contributed by atoms with van der Waals surface area (Å²) in [6.45, 7) is 3.34. The lowest BCUT2D eigenvalue weighted by Gasteiger charge is -2.22. The number of aryl methyl sites for hydroxylation is 1. The second kappa shape index (κ2) is 6.99. The van der Waals surface area contributed by atoms with Crippen molar-refractivity contribution >= 4 is 17.6 Å². The molecule has 28 heavy (non-hydrogen) atoms. The maximum atomic E-state index is 11.2. The second-order valence-electron chi connectivity index (χ2n) is 6.96. The van der Waals surface area contributed by atoms with Gasteiger partial charge in [-0.15, -0.1) is 5.10 Å². The van der Waals surface area contributed by atoms with E-state index in [9.17, 15) is 9.90 Å². The van der Waals surface area contributed by atoms with Crippen LogP contribution in [0.4, 0.5) is 10.6 Å². The molecule has 0 saturated carbocycles. The molecule has 1 fully saturated rings. The van der Waals surface area contributed by atoms with E-state index in [1.165, 1.54) is 4.90 Å². The van der Waals surface area contributed by atoms with Crippen LogP contribution in [0.1, 0.15) is 12.0 Å². The molecule has 1 aliphatic heterocycles. The van der Waals surface area contributed by atoms with Gasteiger partial charge in [-0.05, 0) is 37.1 Å². The highest BCUT2D eigenvalue weighted by Gasteiger charge is 2.29. The summed E-state index contributed by atoms with van der Waals surface area (Å²) in [5, 5.41) is 14.0. The Labute approximate surface area is 162 Å². The summed E-state index contributed by atoms with van der Waals surface area (Å²) in [5.74, 6) is 1.30. The van der Waals surface area contributed by atoms with Gasteiger partial charge in [-0.2, -0.15) is 0 Å². The van der Waals surface area contributed by atoms with Crippen LogP contribution in [0.5, 0.6) is 5.88 Å². The summed E-state index contributed by atoms with van der Waals surface area (Å²) in [6.07, 6.45) is 3.38. The standard InChI is InChI=1S/C19H22N6O3/c1-12-8-14(18(28-3)21-9-12)15-10-20-16-4-5-17(22-25(15)16)24-7-6-13(11-24)23(2)19(26)27/h4-5,8-10,13H,6-7,11H2,1-3H3,(H,26,27). The highest BCUT2D eigenvalue weighted by molar-refractivity contribution is 5.69. The fourth-order valence-corrected chi connectivity index (χ4v) is 3.54. The number of nitrogens with zero attached hydrogens (tertiary/aromatic N) is 6. The maximum absolute atomic E-state index is 11.2. The Balaban J connectivity index is 1.70. The van der Waals surface area contributed by atoms with E-state index in [0.29, 0.717) is 12.4 Å². The maximum Gasteiger partial charge on any atom is 0.407 e. The third-order valence-corrected chi connectivity index (χ3v) is 5.14. The average Bonchev–Trinajstić information content (AvgIpc) is 3.34. The van der Waals surface area contributed by atoms with Crippen LogP contribution in [0.2, 0.25) is 0 Å². The van der Waals surface area contributed by atoms with Gasteiger partial charge in [-0.3, -0.25) is 0 Å². The van der Waals surface area contributed by atoms with Crippen LogP contribution in [0, 0.1) is 6.92 Å². The van der Waals surface area contributed by atoms with Crippen molar-refractivity contribution in [2.24, 2.45) is 0 Å². The highest BCUT2D eigenvalue weighted by Crippen LogP contribution is 2.30. The van der Waals surface area contributed by atoms with E-state index in [-0.39, 0.29) is 6.04 Å². The van der Waals surface area contributed by atoms with Gasteiger partial charge in [0.15, 0.2) is 5.65 Å². The molecule has 1 aliphatic rings. The molecule has 9 nitrogen and oxygen atoms in total. The van der Waals surface area contributed by atoms with Gasteiger partial charge >= 0.3 is 6.09 Å². The van der Waals surface area contributed by atoms with Crippen LogP contribution in [-0.4, -0.2) is 69.0 Å². The Morgan fingerprint density at radius 1 is 1.32 bits per heavy atom. The first-order chi connectivity index (χ1) is 13.5. The molecule has 1 saturated heterocycles. The number of pyridine rings is 1. The van der Waals surface area contributed by atoms with Crippen molar-refractivity contribution in [2.45, 2.75) is 19.4 Å². The van der Waals surface area contributed by atoms with Crippen LogP contribution in [0.25, 0.3) is 16.9 Å². The van der Waals surface area contributed by atoms with Crippen molar-refractivity contribution in [1.82, 2.24) is 24.5 Å². The summed E-state index contributed by atoms with van der Waals surface area (Å²) in [6, 6.07) is 5.78. The predicted molar refractivity (Wildman–Crippen MR) is 104 cm³/mol. The van der Waals surface area contributed by atoms with E-state index < -0.39 is 6.09 Å². The molecule has 1 unspecified atom stereocenters. The van der Waals surface area contributed by atoms with E-state index in [1.807, 2.05) is 25.1 Å². The summed E-state index contributed by atoms with van der Waals surface area (Å²) >= 11 is 0. The molecule has 1 N–H and O–H groups in total. The van der Waals surface area contributed by atoms with Crippen molar-refractivity contribution in [3.63, 3.8) is 0 Å². The lowest BCUT2D eigenvalue weighted by Crippen LogP contribution is -2.38. The molecule has 146 valence electrons.